The average Bonchev–Trinajstić information content (AvgIpc) is 3.10. The van der Waals surface area contributed by atoms with Crippen molar-refractivity contribution in [1.29, 1.82) is 0 Å². The summed E-state index contributed by atoms with van der Waals surface area (Å²) < 4.78 is 13.9. The molecule has 19 heavy (non-hydrogen) atoms. The Bertz CT molecular complexity index is 567. The highest BCUT2D eigenvalue weighted by Gasteiger charge is 2.62. The number of nitrogens with zero attached hydrogens (tertiary/aromatic N) is 1. The third-order valence-corrected chi connectivity index (χ3v) is 3.87. The van der Waals surface area contributed by atoms with Gasteiger partial charge in [-0.1, -0.05) is 0 Å². The molecule has 1 aliphatic carbocycles. The van der Waals surface area contributed by atoms with E-state index in [2.05, 4.69) is 0 Å². The van der Waals surface area contributed by atoms with Crippen LogP contribution in [0.5, 0.6) is 0 Å². The summed E-state index contributed by atoms with van der Waals surface area (Å²) in [5, 5.41) is 20.0. The van der Waals surface area contributed by atoms with Gasteiger partial charge < -0.3 is 10.8 Å². The first kappa shape index (κ1) is 13.4. The minimum atomic E-state index is -1.49. The summed E-state index contributed by atoms with van der Waals surface area (Å²) >= 11 is 0. The normalized spacial score (nSPS) is 19.5. The molecule has 1 aromatic carbocycles. The summed E-state index contributed by atoms with van der Waals surface area (Å²) in [6, 6.07) is 2.98. The number of nitrogens with two attached hydrogens (primary N) is 1. The Kier molecular flexibility index (Phi) is 2.82. The molecule has 3 N–H and O–H groups in total. The Balaban J connectivity index is 2.54. The standard InChI is InChI=1S/C12H13FN2O4/c1-11(14,12(4-5-12)10(16)17)8-6-7(15(18)19)2-3-9(8)13/h2-3,6H,4-5,14H2,1H3,(H,16,17). The number of nitro benzene ring substituents is 1. The van der Waals surface area contributed by atoms with Gasteiger partial charge in [-0.05, 0) is 25.8 Å². The maximum atomic E-state index is 13.9. The average molecular weight is 268 g/mol. The molecule has 1 aromatic rings. The van der Waals surface area contributed by atoms with Crippen LogP contribution in [-0.4, -0.2) is 16.0 Å². The molecule has 1 aliphatic rings. The number of nitro groups is 1. The summed E-state index contributed by atoms with van der Waals surface area (Å²) in [7, 11) is 0. The van der Waals surface area contributed by atoms with Crippen molar-refractivity contribution in [1.82, 2.24) is 0 Å². The Hall–Kier alpha value is -2.02. The number of benzene rings is 1. The Morgan fingerprint density at radius 1 is 1.58 bits per heavy atom. The number of non-ortho nitro benzene ring substituents is 1. The van der Waals surface area contributed by atoms with Crippen molar-refractivity contribution in [3.05, 3.63) is 39.7 Å². The van der Waals surface area contributed by atoms with E-state index >= 15 is 0 Å². The largest absolute Gasteiger partial charge is 0.481 e. The van der Waals surface area contributed by atoms with E-state index in [1.54, 1.807) is 0 Å². The van der Waals surface area contributed by atoms with E-state index in [9.17, 15) is 24.4 Å². The molecule has 1 unspecified atom stereocenters. The fraction of sp³-hybridized carbons (Fsp3) is 0.417. The smallest absolute Gasteiger partial charge is 0.311 e. The highest BCUT2D eigenvalue weighted by molar-refractivity contribution is 5.80. The molecule has 0 aromatic heterocycles. The van der Waals surface area contributed by atoms with Crippen LogP contribution < -0.4 is 5.73 Å². The lowest BCUT2D eigenvalue weighted by atomic mass is 9.77. The van der Waals surface area contributed by atoms with Crippen molar-refractivity contribution < 1.29 is 19.2 Å². The Labute approximate surface area is 108 Å². The van der Waals surface area contributed by atoms with Crippen LogP contribution in [0.2, 0.25) is 0 Å². The van der Waals surface area contributed by atoms with Gasteiger partial charge in [-0.15, -0.1) is 0 Å². The number of carboxylic acids is 1. The van der Waals surface area contributed by atoms with Crippen LogP contribution in [0.25, 0.3) is 0 Å². The topological polar surface area (TPSA) is 106 Å². The summed E-state index contributed by atoms with van der Waals surface area (Å²) in [6.45, 7) is 1.40. The first-order valence-corrected chi connectivity index (χ1v) is 5.69. The van der Waals surface area contributed by atoms with Crippen LogP contribution in [0, 0.1) is 21.3 Å². The number of rotatable bonds is 4. The zero-order chi connectivity index (χ0) is 14.4. The van der Waals surface area contributed by atoms with Crippen molar-refractivity contribution in [3.8, 4) is 0 Å². The molecular formula is C12H13FN2O4. The molecule has 0 aliphatic heterocycles. The molecule has 1 fully saturated rings. The fourth-order valence-corrected chi connectivity index (χ4v) is 2.36. The molecule has 0 radical (unpaired) electrons. The van der Waals surface area contributed by atoms with E-state index in [4.69, 9.17) is 5.73 Å². The summed E-state index contributed by atoms with van der Waals surface area (Å²) in [6.07, 6.45) is 0.662. The highest BCUT2D eigenvalue weighted by atomic mass is 19.1. The maximum absolute atomic E-state index is 13.9. The predicted octanol–water partition coefficient (Wildman–Crippen LogP) is 1.77. The molecule has 6 nitrogen and oxygen atoms in total. The second-order valence-electron chi connectivity index (χ2n) is 5.01. The summed E-state index contributed by atoms with van der Waals surface area (Å²) in [4.78, 5) is 21.3. The van der Waals surface area contributed by atoms with Gasteiger partial charge in [0.1, 0.15) is 5.82 Å². The van der Waals surface area contributed by atoms with Crippen molar-refractivity contribution in [2.75, 3.05) is 0 Å². The zero-order valence-corrected chi connectivity index (χ0v) is 10.2. The van der Waals surface area contributed by atoms with Crippen LogP contribution >= 0.6 is 0 Å². The third kappa shape index (κ3) is 1.86. The van der Waals surface area contributed by atoms with Crippen molar-refractivity contribution in [3.63, 3.8) is 0 Å². The summed E-state index contributed by atoms with van der Waals surface area (Å²) in [5.74, 6) is -1.84. The maximum Gasteiger partial charge on any atom is 0.311 e. The van der Waals surface area contributed by atoms with Gasteiger partial charge in [-0.2, -0.15) is 0 Å². The molecular weight excluding hydrogens is 255 g/mol. The number of hydrogen-bond acceptors (Lipinski definition) is 4. The van der Waals surface area contributed by atoms with Gasteiger partial charge in [0.15, 0.2) is 0 Å². The van der Waals surface area contributed by atoms with Crippen LogP contribution in [0.3, 0.4) is 0 Å². The lowest BCUT2D eigenvalue weighted by Gasteiger charge is -2.32. The molecule has 102 valence electrons. The Morgan fingerprint density at radius 2 is 2.16 bits per heavy atom. The molecule has 0 heterocycles. The highest BCUT2D eigenvalue weighted by Crippen LogP contribution is 2.57. The fourth-order valence-electron chi connectivity index (χ4n) is 2.36. The number of aliphatic carboxylic acids is 1. The van der Waals surface area contributed by atoms with Gasteiger partial charge in [0.25, 0.3) is 5.69 Å². The van der Waals surface area contributed by atoms with Gasteiger partial charge in [-0.3, -0.25) is 14.9 Å². The third-order valence-electron chi connectivity index (χ3n) is 3.87. The molecule has 7 heteroatoms. The molecule has 2 rings (SSSR count). The number of carboxylic acid groups (broad SMARTS) is 1. The number of halogens is 1. The monoisotopic (exact) mass is 268 g/mol. The first-order chi connectivity index (χ1) is 8.72. The molecule has 0 saturated heterocycles. The minimum absolute atomic E-state index is 0.137. The minimum Gasteiger partial charge on any atom is -0.481 e. The van der Waals surface area contributed by atoms with Crippen molar-refractivity contribution in [2.24, 2.45) is 11.1 Å². The second kappa shape index (κ2) is 3.99. The van der Waals surface area contributed by atoms with Crippen LogP contribution in [0.4, 0.5) is 10.1 Å². The predicted molar refractivity (Wildman–Crippen MR) is 63.9 cm³/mol. The quantitative estimate of drug-likeness (QED) is 0.639. The van der Waals surface area contributed by atoms with E-state index in [0.717, 1.165) is 18.2 Å². The Morgan fingerprint density at radius 3 is 2.58 bits per heavy atom. The van der Waals surface area contributed by atoms with Gasteiger partial charge in [0.05, 0.1) is 15.9 Å². The van der Waals surface area contributed by atoms with Crippen LogP contribution in [0.1, 0.15) is 25.3 Å². The van der Waals surface area contributed by atoms with E-state index in [1.807, 2.05) is 0 Å². The van der Waals surface area contributed by atoms with Crippen molar-refractivity contribution in [2.45, 2.75) is 25.3 Å². The zero-order valence-electron chi connectivity index (χ0n) is 10.2. The second-order valence-corrected chi connectivity index (χ2v) is 5.01. The van der Waals surface area contributed by atoms with Gasteiger partial charge in [0.2, 0.25) is 0 Å². The lowest BCUT2D eigenvalue weighted by Crippen LogP contribution is -2.47. The summed E-state index contributed by atoms with van der Waals surface area (Å²) in [5.41, 5.74) is 2.82. The molecule has 1 atom stereocenters. The SMILES string of the molecule is CC(N)(c1cc([N+](=O)[O-])ccc1F)C1(C(=O)O)CC1. The van der Waals surface area contributed by atoms with E-state index in [1.165, 1.54) is 6.92 Å². The molecule has 0 spiro atoms. The van der Waals surface area contributed by atoms with E-state index in [-0.39, 0.29) is 11.3 Å². The number of hydrogen-bond donors (Lipinski definition) is 2. The first-order valence-electron chi connectivity index (χ1n) is 5.69. The van der Waals surface area contributed by atoms with Crippen molar-refractivity contribution >= 4 is 11.7 Å². The number of carbonyl (C=O) groups is 1. The van der Waals surface area contributed by atoms with Crippen LogP contribution in [0.15, 0.2) is 18.2 Å². The van der Waals surface area contributed by atoms with Gasteiger partial charge >= 0.3 is 5.97 Å². The van der Waals surface area contributed by atoms with Gasteiger partial charge in [-0.25, -0.2) is 4.39 Å². The van der Waals surface area contributed by atoms with E-state index < -0.39 is 27.7 Å². The van der Waals surface area contributed by atoms with E-state index in [0.29, 0.717) is 12.8 Å². The molecule has 1 saturated carbocycles. The molecule has 0 amide bonds. The lowest BCUT2D eigenvalue weighted by molar-refractivity contribution is -0.385. The van der Waals surface area contributed by atoms with Gasteiger partial charge in [0, 0.05) is 17.7 Å². The molecule has 0 bridgehead atoms. The van der Waals surface area contributed by atoms with Crippen LogP contribution in [-0.2, 0) is 10.3 Å².